The lowest BCUT2D eigenvalue weighted by molar-refractivity contribution is -0.274. The lowest BCUT2D eigenvalue weighted by Crippen LogP contribution is -2.38. The Kier molecular flexibility index (Phi) is 6.23. The summed E-state index contributed by atoms with van der Waals surface area (Å²) in [5, 5.41) is 2.46. The number of carbonyl (C=O) groups excluding carboxylic acids is 1. The summed E-state index contributed by atoms with van der Waals surface area (Å²) in [6, 6.07) is 9.64. The van der Waals surface area contributed by atoms with Gasteiger partial charge in [0.1, 0.15) is 12.3 Å². The fraction of sp³-hybridized carbons (Fsp3) is 0.278. The third kappa shape index (κ3) is 5.88. The van der Waals surface area contributed by atoms with Gasteiger partial charge in [-0.3, -0.25) is 9.10 Å². The molecule has 0 aliphatic rings. The quantitative estimate of drug-likeness (QED) is 0.781. The Morgan fingerprint density at radius 3 is 2.25 bits per heavy atom. The number of hydrogen-bond acceptors (Lipinski definition) is 4. The van der Waals surface area contributed by atoms with Crippen molar-refractivity contribution in [2.75, 3.05) is 22.4 Å². The summed E-state index contributed by atoms with van der Waals surface area (Å²) in [6.45, 7) is 3.09. The van der Waals surface area contributed by atoms with Crippen LogP contribution in [0.1, 0.15) is 11.1 Å². The molecule has 1 amide bonds. The molecule has 0 aliphatic carbocycles. The summed E-state index contributed by atoms with van der Waals surface area (Å²) in [5.74, 6) is -1.07. The van der Waals surface area contributed by atoms with Crippen LogP contribution in [0.2, 0.25) is 0 Å². The molecule has 0 heterocycles. The molecule has 0 unspecified atom stereocenters. The largest absolute Gasteiger partial charge is 0.573 e. The number of nitrogens with zero attached hydrogens (tertiary/aromatic N) is 1. The molecule has 0 bridgehead atoms. The second-order valence-corrected chi connectivity index (χ2v) is 8.02. The Morgan fingerprint density at radius 1 is 1.11 bits per heavy atom. The monoisotopic (exact) mass is 416 g/mol. The summed E-state index contributed by atoms with van der Waals surface area (Å²) in [4.78, 5) is 12.3. The standard InChI is InChI=1S/C18H19F3N2O4S/c1-12-5-4-6-16(13(12)2)23(28(3,25)26)11-17(24)22-14-7-9-15(10-8-14)27-18(19,20)21/h4-10H,11H2,1-3H3,(H,22,24). The molecule has 0 aromatic heterocycles. The van der Waals surface area contributed by atoms with Gasteiger partial charge in [0.05, 0.1) is 11.9 Å². The Labute approximate surface area is 161 Å². The van der Waals surface area contributed by atoms with E-state index < -0.39 is 34.6 Å². The van der Waals surface area contributed by atoms with Crippen LogP contribution < -0.4 is 14.4 Å². The van der Waals surface area contributed by atoms with Crippen molar-refractivity contribution in [3.05, 3.63) is 53.6 Å². The van der Waals surface area contributed by atoms with Gasteiger partial charge in [-0.25, -0.2) is 8.42 Å². The van der Waals surface area contributed by atoms with Crippen molar-refractivity contribution in [3.8, 4) is 5.75 Å². The van der Waals surface area contributed by atoms with E-state index in [9.17, 15) is 26.4 Å². The van der Waals surface area contributed by atoms with E-state index in [1.165, 1.54) is 12.1 Å². The van der Waals surface area contributed by atoms with Crippen LogP contribution in [0.15, 0.2) is 42.5 Å². The van der Waals surface area contributed by atoms with E-state index in [1.807, 2.05) is 13.0 Å². The molecule has 2 aromatic rings. The molecule has 0 saturated carbocycles. The smallest absolute Gasteiger partial charge is 0.406 e. The van der Waals surface area contributed by atoms with Crippen molar-refractivity contribution in [2.45, 2.75) is 20.2 Å². The molecule has 1 N–H and O–H groups in total. The zero-order chi connectivity index (χ0) is 21.1. The molecule has 0 saturated heterocycles. The molecule has 6 nitrogen and oxygen atoms in total. The molecular weight excluding hydrogens is 397 g/mol. The van der Waals surface area contributed by atoms with Gasteiger partial charge in [-0.1, -0.05) is 12.1 Å². The molecule has 2 rings (SSSR count). The van der Waals surface area contributed by atoms with Gasteiger partial charge in [-0.2, -0.15) is 0 Å². The number of carbonyl (C=O) groups is 1. The molecule has 0 spiro atoms. The Balaban J connectivity index is 2.16. The van der Waals surface area contributed by atoms with Crippen molar-refractivity contribution < 1.29 is 31.1 Å². The average Bonchev–Trinajstić information content (AvgIpc) is 2.55. The maximum atomic E-state index is 12.3. The lowest BCUT2D eigenvalue weighted by Gasteiger charge is -2.24. The van der Waals surface area contributed by atoms with Crippen molar-refractivity contribution in [1.82, 2.24) is 0 Å². The zero-order valence-electron chi connectivity index (χ0n) is 15.4. The van der Waals surface area contributed by atoms with Crippen LogP contribution in [0.3, 0.4) is 0 Å². The number of benzene rings is 2. The highest BCUT2D eigenvalue weighted by molar-refractivity contribution is 7.92. The molecular formula is C18H19F3N2O4S. The van der Waals surface area contributed by atoms with Crippen LogP contribution in [-0.2, 0) is 14.8 Å². The Morgan fingerprint density at radius 2 is 1.71 bits per heavy atom. The predicted molar refractivity (Wildman–Crippen MR) is 99.9 cm³/mol. The summed E-state index contributed by atoms with van der Waals surface area (Å²) in [7, 11) is -3.74. The third-order valence-electron chi connectivity index (χ3n) is 3.90. The normalized spacial score (nSPS) is 11.8. The molecule has 152 valence electrons. The van der Waals surface area contributed by atoms with Crippen molar-refractivity contribution >= 4 is 27.3 Å². The SMILES string of the molecule is Cc1cccc(N(CC(=O)Nc2ccc(OC(F)(F)F)cc2)S(C)(=O)=O)c1C. The van der Waals surface area contributed by atoms with Gasteiger partial charge in [0.15, 0.2) is 0 Å². The van der Waals surface area contributed by atoms with Gasteiger partial charge < -0.3 is 10.1 Å². The second kappa shape index (κ2) is 8.09. The van der Waals surface area contributed by atoms with Crippen LogP contribution in [0.4, 0.5) is 24.5 Å². The first-order chi connectivity index (χ1) is 12.9. The first-order valence-electron chi connectivity index (χ1n) is 8.06. The number of anilines is 2. The number of aryl methyl sites for hydroxylation is 1. The number of ether oxygens (including phenoxy) is 1. The van der Waals surface area contributed by atoms with Crippen LogP contribution in [0.25, 0.3) is 0 Å². The lowest BCUT2D eigenvalue weighted by atomic mass is 10.1. The number of rotatable bonds is 6. The third-order valence-corrected chi connectivity index (χ3v) is 5.03. The van der Waals surface area contributed by atoms with E-state index in [2.05, 4.69) is 10.1 Å². The number of amides is 1. The maximum absolute atomic E-state index is 12.3. The summed E-state index contributed by atoms with van der Waals surface area (Å²) >= 11 is 0. The van der Waals surface area contributed by atoms with Gasteiger partial charge in [0.25, 0.3) is 0 Å². The Bertz CT molecular complexity index is 958. The van der Waals surface area contributed by atoms with Crippen LogP contribution >= 0.6 is 0 Å². The van der Waals surface area contributed by atoms with E-state index >= 15 is 0 Å². The first-order valence-corrected chi connectivity index (χ1v) is 9.91. The van der Waals surface area contributed by atoms with Crippen molar-refractivity contribution in [3.63, 3.8) is 0 Å². The van der Waals surface area contributed by atoms with Crippen molar-refractivity contribution in [1.29, 1.82) is 0 Å². The van der Waals surface area contributed by atoms with Gasteiger partial charge in [-0.05, 0) is 55.3 Å². The predicted octanol–water partition coefficient (Wildman–Crippen LogP) is 3.61. The highest BCUT2D eigenvalue weighted by Crippen LogP contribution is 2.26. The van der Waals surface area contributed by atoms with Crippen LogP contribution in [0, 0.1) is 13.8 Å². The van der Waals surface area contributed by atoms with Gasteiger partial charge in [-0.15, -0.1) is 13.2 Å². The van der Waals surface area contributed by atoms with E-state index in [1.54, 1.807) is 19.1 Å². The van der Waals surface area contributed by atoms with Gasteiger partial charge >= 0.3 is 6.36 Å². The summed E-state index contributed by atoms with van der Waals surface area (Å²) < 4.78 is 65.6. The van der Waals surface area contributed by atoms with E-state index in [0.29, 0.717) is 5.69 Å². The highest BCUT2D eigenvalue weighted by atomic mass is 32.2. The topological polar surface area (TPSA) is 75.7 Å². The molecule has 0 aliphatic heterocycles. The van der Waals surface area contributed by atoms with E-state index in [4.69, 9.17) is 0 Å². The number of hydrogen-bond donors (Lipinski definition) is 1. The summed E-state index contributed by atoms with van der Waals surface area (Å²) in [6.07, 6.45) is -3.82. The fourth-order valence-corrected chi connectivity index (χ4v) is 3.36. The number of sulfonamides is 1. The molecule has 10 heteroatoms. The molecule has 0 atom stereocenters. The second-order valence-electron chi connectivity index (χ2n) is 6.11. The average molecular weight is 416 g/mol. The number of halogens is 3. The maximum Gasteiger partial charge on any atom is 0.573 e. The summed E-state index contributed by atoms with van der Waals surface area (Å²) in [5.41, 5.74) is 2.17. The minimum atomic E-state index is -4.81. The minimum absolute atomic E-state index is 0.203. The zero-order valence-corrected chi connectivity index (χ0v) is 16.2. The fourth-order valence-electron chi connectivity index (χ4n) is 2.46. The van der Waals surface area contributed by atoms with Crippen LogP contribution in [0.5, 0.6) is 5.75 Å². The molecule has 0 radical (unpaired) electrons. The van der Waals surface area contributed by atoms with E-state index in [0.717, 1.165) is 33.8 Å². The molecule has 2 aromatic carbocycles. The highest BCUT2D eigenvalue weighted by Gasteiger charge is 2.31. The van der Waals surface area contributed by atoms with E-state index in [-0.39, 0.29) is 5.69 Å². The van der Waals surface area contributed by atoms with Gasteiger partial charge in [0.2, 0.25) is 15.9 Å². The molecule has 28 heavy (non-hydrogen) atoms. The Hall–Kier alpha value is -2.75. The number of nitrogens with one attached hydrogen (secondary N) is 1. The minimum Gasteiger partial charge on any atom is -0.406 e. The molecule has 0 fully saturated rings. The van der Waals surface area contributed by atoms with Crippen molar-refractivity contribution in [2.24, 2.45) is 0 Å². The number of alkyl halides is 3. The van der Waals surface area contributed by atoms with Crippen LogP contribution in [-0.4, -0.2) is 33.5 Å². The first kappa shape index (κ1) is 21.5. The van der Waals surface area contributed by atoms with Gasteiger partial charge in [0, 0.05) is 5.69 Å².